The van der Waals surface area contributed by atoms with Crippen LogP contribution in [0, 0.1) is 0 Å². The Morgan fingerprint density at radius 1 is 1.30 bits per heavy atom. The Bertz CT molecular complexity index is 574. The van der Waals surface area contributed by atoms with Crippen molar-refractivity contribution in [3.63, 3.8) is 0 Å². The molecule has 0 radical (unpaired) electrons. The highest BCUT2D eigenvalue weighted by Gasteiger charge is 2.23. The third-order valence-electron chi connectivity index (χ3n) is 3.23. The maximum atomic E-state index is 12.0. The van der Waals surface area contributed by atoms with E-state index < -0.39 is 5.97 Å². The number of carboxylic acid groups (broad SMARTS) is 1. The van der Waals surface area contributed by atoms with E-state index in [0.29, 0.717) is 19.6 Å². The van der Waals surface area contributed by atoms with E-state index >= 15 is 0 Å². The van der Waals surface area contributed by atoms with Gasteiger partial charge in [-0.3, -0.25) is 0 Å². The third-order valence-corrected chi connectivity index (χ3v) is 3.23. The molecular weight excluding hydrogens is 256 g/mol. The molecule has 0 unspecified atom stereocenters. The molecule has 0 saturated carbocycles. The van der Waals surface area contributed by atoms with E-state index in [9.17, 15) is 9.59 Å². The van der Waals surface area contributed by atoms with E-state index in [1.54, 1.807) is 23.1 Å². The lowest BCUT2D eigenvalue weighted by Crippen LogP contribution is -2.36. The number of nitrogens with zero attached hydrogens (tertiary/aromatic N) is 1. The van der Waals surface area contributed by atoms with Crippen molar-refractivity contribution in [1.82, 2.24) is 10.2 Å². The van der Waals surface area contributed by atoms with Gasteiger partial charge in [-0.15, -0.1) is 0 Å². The number of urea groups is 1. The minimum absolute atomic E-state index is 0.129. The van der Waals surface area contributed by atoms with Crippen LogP contribution in [0.5, 0.6) is 0 Å². The van der Waals surface area contributed by atoms with Crippen molar-refractivity contribution in [2.24, 2.45) is 0 Å². The molecule has 5 nitrogen and oxygen atoms in total. The molecule has 2 amide bonds. The highest BCUT2D eigenvalue weighted by molar-refractivity contribution is 5.88. The maximum Gasteiger partial charge on any atom is 0.335 e. The Balaban J connectivity index is 2.00. The topological polar surface area (TPSA) is 69.6 Å². The summed E-state index contributed by atoms with van der Waals surface area (Å²) in [5, 5.41) is 11.8. The second-order valence-electron chi connectivity index (χ2n) is 5.11. The van der Waals surface area contributed by atoms with Crippen molar-refractivity contribution in [3.05, 3.63) is 46.5 Å². The standard InChI is InChI=1S/C15H18N2O3/c1-10(2)5-6-16-15(20)17-8-12-4-3-11(14(18)19)7-13(12)9-17/h3-5,7H,6,8-9H2,1-2H3,(H,16,20)(H,18,19). The van der Waals surface area contributed by atoms with Crippen molar-refractivity contribution < 1.29 is 14.7 Å². The van der Waals surface area contributed by atoms with Crippen LogP contribution in [0.4, 0.5) is 4.79 Å². The van der Waals surface area contributed by atoms with Gasteiger partial charge in [-0.05, 0) is 37.1 Å². The summed E-state index contributed by atoms with van der Waals surface area (Å²) in [7, 11) is 0. The number of carbonyl (C=O) groups excluding carboxylic acids is 1. The van der Waals surface area contributed by atoms with Crippen molar-refractivity contribution in [2.45, 2.75) is 26.9 Å². The summed E-state index contributed by atoms with van der Waals surface area (Å²) in [6.07, 6.45) is 1.95. The minimum Gasteiger partial charge on any atom is -0.478 e. The molecule has 1 aliphatic rings. The fraction of sp³-hybridized carbons (Fsp3) is 0.333. The molecule has 0 bridgehead atoms. The average Bonchev–Trinajstić information content (AvgIpc) is 2.80. The Labute approximate surface area is 117 Å². The maximum absolute atomic E-state index is 12.0. The van der Waals surface area contributed by atoms with Crippen molar-refractivity contribution in [2.75, 3.05) is 6.54 Å². The van der Waals surface area contributed by atoms with Gasteiger partial charge in [0.25, 0.3) is 0 Å². The van der Waals surface area contributed by atoms with Crippen LogP contribution in [0.15, 0.2) is 29.8 Å². The first kappa shape index (κ1) is 14.1. The Hall–Kier alpha value is -2.30. The van der Waals surface area contributed by atoms with Crippen molar-refractivity contribution in [1.29, 1.82) is 0 Å². The summed E-state index contributed by atoms with van der Waals surface area (Å²) in [4.78, 5) is 24.6. The Kier molecular flexibility index (Phi) is 4.08. The van der Waals surface area contributed by atoms with Crippen LogP contribution >= 0.6 is 0 Å². The molecule has 1 aliphatic heterocycles. The normalized spacial score (nSPS) is 12.8. The van der Waals surface area contributed by atoms with E-state index in [1.807, 2.05) is 19.9 Å². The lowest BCUT2D eigenvalue weighted by Gasteiger charge is -2.15. The van der Waals surface area contributed by atoms with Gasteiger partial charge in [0.1, 0.15) is 0 Å². The van der Waals surface area contributed by atoms with Crippen LogP contribution in [0.1, 0.15) is 35.3 Å². The molecule has 2 rings (SSSR count). The van der Waals surface area contributed by atoms with E-state index in [-0.39, 0.29) is 11.6 Å². The molecule has 0 aliphatic carbocycles. The molecule has 2 N–H and O–H groups in total. The number of aromatic carboxylic acids is 1. The SMILES string of the molecule is CC(C)=CCNC(=O)N1Cc2ccc(C(=O)O)cc2C1. The van der Waals surface area contributed by atoms with Crippen LogP contribution in [0.3, 0.4) is 0 Å². The number of fused-ring (bicyclic) bond motifs is 1. The molecule has 0 fully saturated rings. The minimum atomic E-state index is -0.945. The van der Waals surface area contributed by atoms with Crippen LogP contribution in [0.25, 0.3) is 0 Å². The van der Waals surface area contributed by atoms with E-state index in [2.05, 4.69) is 5.32 Å². The van der Waals surface area contributed by atoms with Crippen LogP contribution in [-0.4, -0.2) is 28.6 Å². The summed E-state index contributed by atoms with van der Waals surface area (Å²) >= 11 is 0. The summed E-state index contributed by atoms with van der Waals surface area (Å²) in [5.74, 6) is -0.945. The number of carboxylic acids is 1. The zero-order valence-corrected chi connectivity index (χ0v) is 11.6. The zero-order chi connectivity index (χ0) is 14.7. The fourth-order valence-electron chi connectivity index (χ4n) is 2.13. The first-order valence-corrected chi connectivity index (χ1v) is 6.48. The lowest BCUT2D eigenvalue weighted by molar-refractivity contribution is 0.0696. The molecule has 106 valence electrons. The fourth-order valence-corrected chi connectivity index (χ4v) is 2.13. The predicted octanol–water partition coefficient (Wildman–Crippen LogP) is 2.38. The predicted molar refractivity (Wildman–Crippen MR) is 75.5 cm³/mol. The summed E-state index contributed by atoms with van der Waals surface area (Å²) in [6, 6.07) is 4.87. The van der Waals surface area contributed by atoms with Gasteiger partial charge in [0, 0.05) is 19.6 Å². The van der Waals surface area contributed by atoms with Gasteiger partial charge in [0.2, 0.25) is 0 Å². The number of rotatable bonds is 3. The molecule has 0 saturated heterocycles. The monoisotopic (exact) mass is 274 g/mol. The van der Waals surface area contributed by atoms with Gasteiger partial charge in [-0.2, -0.15) is 0 Å². The van der Waals surface area contributed by atoms with Gasteiger partial charge < -0.3 is 15.3 Å². The highest BCUT2D eigenvalue weighted by Crippen LogP contribution is 2.23. The molecule has 0 atom stereocenters. The van der Waals surface area contributed by atoms with Gasteiger partial charge in [0.15, 0.2) is 0 Å². The molecule has 1 aromatic carbocycles. The summed E-state index contributed by atoms with van der Waals surface area (Å²) in [6.45, 7) is 5.44. The molecule has 1 aromatic rings. The van der Waals surface area contributed by atoms with Crippen LogP contribution in [-0.2, 0) is 13.1 Å². The largest absolute Gasteiger partial charge is 0.478 e. The van der Waals surface area contributed by atoms with Gasteiger partial charge in [-0.25, -0.2) is 9.59 Å². The quantitative estimate of drug-likeness (QED) is 0.831. The second kappa shape index (κ2) is 5.77. The number of benzene rings is 1. The van der Waals surface area contributed by atoms with Gasteiger partial charge >= 0.3 is 12.0 Å². The molecule has 5 heteroatoms. The first-order chi connectivity index (χ1) is 9.47. The molecule has 0 aromatic heterocycles. The summed E-state index contributed by atoms with van der Waals surface area (Å²) < 4.78 is 0. The van der Waals surface area contributed by atoms with Crippen LogP contribution < -0.4 is 5.32 Å². The van der Waals surface area contributed by atoms with E-state index in [4.69, 9.17) is 5.11 Å². The van der Waals surface area contributed by atoms with Crippen molar-refractivity contribution >= 4 is 12.0 Å². The molecular formula is C15H18N2O3. The average molecular weight is 274 g/mol. The third kappa shape index (κ3) is 3.17. The number of hydrogen-bond acceptors (Lipinski definition) is 2. The van der Waals surface area contributed by atoms with Crippen LogP contribution in [0.2, 0.25) is 0 Å². The first-order valence-electron chi connectivity index (χ1n) is 6.48. The Morgan fingerprint density at radius 2 is 2.00 bits per heavy atom. The number of nitrogens with one attached hydrogen (secondary N) is 1. The number of allylic oxidation sites excluding steroid dienone is 1. The second-order valence-corrected chi connectivity index (χ2v) is 5.11. The van der Waals surface area contributed by atoms with Crippen molar-refractivity contribution in [3.8, 4) is 0 Å². The number of amides is 2. The summed E-state index contributed by atoms with van der Waals surface area (Å²) in [5.41, 5.74) is 3.33. The number of carbonyl (C=O) groups is 2. The van der Waals surface area contributed by atoms with Gasteiger partial charge in [0.05, 0.1) is 5.56 Å². The van der Waals surface area contributed by atoms with E-state index in [0.717, 1.165) is 16.7 Å². The molecule has 20 heavy (non-hydrogen) atoms. The number of hydrogen-bond donors (Lipinski definition) is 2. The molecule has 1 heterocycles. The lowest BCUT2D eigenvalue weighted by atomic mass is 10.1. The highest BCUT2D eigenvalue weighted by atomic mass is 16.4. The zero-order valence-electron chi connectivity index (χ0n) is 11.6. The van der Waals surface area contributed by atoms with Gasteiger partial charge in [-0.1, -0.05) is 17.7 Å². The van der Waals surface area contributed by atoms with E-state index in [1.165, 1.54) is 0 Å². The Morgan fingerprint density at radius 3 is 2.65 bits per heavy atom. The smallest absolute Gasteiger partial charge is 0.335 e. The molecule has 0 spiro atoms.